The molecule has 0 saturated carbocycles. The number of aliphatic hydroxyl groups is 1. The predicted molar refractivity (Wildman–Crippen MR) is 139 cm³/mol. The summed E-state index contributed by atoms with van der Waals surface area (Å²) in [5.74, 6) is -1.41. The number of methoxy groups -OCH3 is 1. The standard InChI is InChI=1S/C26H18Cl2N2O4S/c1-13-6-9-19-20(10-13)35-26(29-19)30-22(14-4-3-5-16(11-14)34-2)21(24(32)25(30)33)23(31)15-7-8-17(27)18(28)12-15/h3-12,22,31H,1-2H3/b23-21+. The van der Waals surface area contributed by atoms with Crippen LogP contribution >= 0.6 is 34.5 Å². The number of carbonyl (C=O) groups is 2. The normalized spacial score (nSPS) is 17.4. The van der Waals surface area contributed by atoms with Crippen LogP contribution in [-0.4, -0.2) is 28.9 Å². The second-order valence-corrected chi connectivity index (χ2v) is 9.87. The molecule has 1 amide bonds. The van der Waals surface area contributed by atoms with Gasteiger partial charge in [-0.25, -0.2) is 4.98 Å². The Morgan fingerprint density at radius 1 is 1.06 bits per heavy atom. The van der Waals surface area contributed by atoms with E-state index in [1.807, 2.05) is 25.1 Å². The molecule has 1 atom stereocenters. The minimum atomic E-state index is -0.929. The smallest absolute Gasteiger partial charge is 0.301 e. The van der Waals surface area contributed by atoms with Crippen molar-refractivity contribution in [3.05, 3.63) is 93.0 Å². The molecule has 1 saturated heterocycles. The van der Waals surface area contributed by atoms with E-state index in [0.29, 0.717) is 27.0 Å². The molecule has 0 radical (unpaired) electrons. The molecule has 0 bridgehead atoms. The number of amides is 1. The van der Waals surface area contributed by atoms with E-state index in [9.17, 15) is 14.7 Å². The van der Waals surface area contributed by atoms with Crippen LogP contribution in [0.2, 0.25) is 10.0 Å². The monoisotopic (exact) mass is 524 g/mol. The fraction of sp³-hybridized carbons (Fsp3) is 0.115. The number of nitrogens with zero attached hydrogens (tertiary/aromatic N) is 2. The Kier molecular flexibility index (Phi) is 6.01. The maximum absolute atomic E-state index is 13.4. The lowest BCUT2D eigenvalue weighted by Gasteiger charge is -2.23. The highest BCUT2D eigenvalue weighted by atomic mass is 35.5. The molecule has 9 heteroatoms. The molecule has 0 spiro atoms. The van der Waals surface area contributed by atoms with Crippen molar-refractivity contribution in [2.75, 3.05) is 12.0 Å². The molecule has 1 unspecified atom stereocenters. The van der Waals surface area contributed by atoms with E-state index in [2.05, 4.69) is 4.98 Å². The van der Waals surface area contributed by atoms with Crippen molar-refractivity contribution in [2.45, 2.75) is 13.0 Å². The summed E-state index contributed by atoms with van der Waals surface area (Å²) in [6.07, 6.45) is 0. The van der Waals surface area contributed by atoms with E-state index in [4.69, 9.17) is 27.9 Å². The highest BCUT2D eigenvalue weighted by Crippen LogP contribution is 2.45. The molecule has 5 rings (SSSR count). The number of aliphatic hydroxyl groups excluding tert-OH is 1. The number of hydrogen-bond acceptors (Lipinski definition) is 6. The fourth-order valence-corrected chi connectivity index (χ4v) is 5.47. The molecule has 6 nitrogen and oxygen atoms in total. The van der Waals surface area contributed by atoms with Crippen LogP contribution in [0.25, 0.3) is 16.0 Å². The van der Waals surface area contributed by atoms with Crippen molar-refractivity contribution < 1.29 is 19.4 Å². The third kappa shape index (κ3) is 4.05. The Morgan fingerprint density at radius 2 is 1.86 bits per heavy atom. The summed E-state index contributed by atoms with van der Waals surface area (Å²) < 4.78 is 6.25. The number of rotatable bonds is 4. The summed E-state index contributed by atoms with van der Waals surface area (Å²) in [4.78, 5) is 32.7. The van der Waals surface area contributed by atoms with Gasteiger partial charge in [-0.2, -0.15) is 0 Å². The van der Waals surface area contributed by atoms with Crippen LogP contribution in [0, 0.1) is 6.92 Å². The van der Waals surface area contributed by atoms with Gasteiger partial charge < -0.3 is 9.84 Å². The highest BCUT2D eigenvalue weighted by molar-refractivity contribution is 7.22. The largest absolute Gasteiger partial charge is 0.507 e. The first kappa shape index (κ1) is 23.4. The van der Waals surface area contributed by atoms with Gasteiger partial charge in [0.1, 0.15) is 11.5 Å². The van der Waals surface area contributed by atoms with Crippen molar-refractivity contribution in [1.29, 1.82) is 0 Å². The molecule has 1 N–H and O–H groups in total. The first-order chi connectivity index (χ1) is 16.8. The predicted octanol–water partition coefficient (Wildman–Crippen LogP) is 6.55. The number of halogens is 2. The number of Topliss-reactive ketones (excluding diaryl/α,β-unsaturated/α-hetero) is 1. The number of anilines is 1. The Labute approximate surface area is 215 Å². The summed E-state index contributed by atoms with van der Waals surface area (Å²) >= 11 is 13.5. The van der Waals surface area contributed by atoms with Gasteiger partial charge in [-0.05, 0) is 60.5 Å². The number of fused-ring (bicyclic) bond motifs is 1. The minimum Gasteiger partial charge on any atom is -0.507 e. The summed E-state index contributed by atoms with van der Waals surface area (Å²) in [6.45, 7) is 1.97. The zero-order valence-electron chi connectivity index (χ0n) is 18.6. The van der Waals surface area contributed by atoms with Gasteiger partial charge in [-0.1, -0.05) is 52.7 Å². The number of carbonyl (C=O) groups excluding carboxylic acids is 2. The third-order valence-electron chi connectivity index (χ3n) is 5.79. The number of aromatic nitrogens is 1. The molecular weight excluding hydrogens is 507 g/mol. The van der Waals surface area contributed by atoms with Gasteiger partial charge in [0.15, 0.2) is 5.13 Å². The molecule has 2 heterocycles. The van der Waals surface area contributed by atoms with Gasteiger partial charge in [0, 0.05) is 5.56 Å². The van der Waals surface area contributed by atoms with Gasteiger partial charge in [0.25, 0.3) is 5.78 Å². The second kappa shape index (κ2) is 9.00. The number of benzene rings is 3. The molecule has 1 aliphatic rings. The topological polar surface area (TPSA) is 79.7 Å². The van der Waals surface area contributed by atoms with Crippen LogP contribution in [0.1, 0.15) is 22.7 Å². The zero-order chi connectivity index (χ0) is 24.9. The minimum absolute atomic E-state index is 0.0721. The van der Waals surface area contributed by atoms with Crippen LogP contribution in [0.5, 0.6) is 5.75 Å². The van der Waals surface area contributed by atoms with Gasteiger partial charge in [-0.3, -0.25) is 14.5 Å². The Hall–Kier alpha value is -3.39. The quantitative estimate of drug-likeness (QED) is 0.186. The van der Waals surface area contributed by atoms with Crippen molar-refractivity contribution >= 4 is 67.3 Å². The van der Waals surface area contributed by atoms with E-state index in [0.717, 1.165) is 10.3 Å². The maximum Gasteiger partial charge on any atom is 0.301 e. The van der Waals surface area contributed by atoms with Gasteiger partial charge >= 0.3 is 5.91 Å². The molecule has 4 aromatic rings. The van der Waals surface area contributed by atoms with Crippen LogP contribution in [-0.2, 0) is 9.59 Å². The van der Waals surface area contributed by atoms with Crippen LogP contribution in [0.4, 0.5) is 5.13 Å². The molecule has 1 fully saturated rings. The lowest BCUT2D eigenvalue weighted by molar-refractivity contribution is -0.132. The summed E-state index contributed by atoms with van der Waals surface area (Å²) in [6, 6.07) is 16.4. The van der Waals surface area contributed by atoms with E-state index in [-0.39, 0.29) is 21.9 Å². The number of ketones is 1. The molecular formula is C26H18Cl2N2O4S. The lowest BCUT2D eigenvalue weighted by atomic mass is 9.95. The number of ether oxygens (including phenoxy) is 1. The Bertz CT molecular complexity index is 1550. The average Bonchev–Trinajstić information content (AvgIpc) is 3.38. The number of aryl methyl sites for hydroxylation is 1. The lowest BCUT2D eigenvalue weighted by Crippen LogP contribution is -2.29. The summed E-state index contributed by atoms with van der Waals surface area (Å²) in [7, 11) is 1.53. The van der Waals surface area contributed by atoms with Gasteiger partial charge in [0.05, 0.1) is 39.0 Å². The van der Waals surface area contributed by atoms with E-state index in [1.165, 1.54) is 35.5 Å². The SMILES string of the molecule is COc1cccc(C2/C(=C(\O)c3ccc(Cl)c(Cl)c3)C(=O)C(=O)N2c2nc3ccc(C)cc3s2)c1. The van der Waals surface area contributed by atoms with Crippen LogP contribution < -0.4 is 9.64 Å². The Morgan fingerprint density at radius 3 is 2.60 bits per heavy atom. The molecule has 1 aliphatic heterocycles. The third-order valence-corrected chi connectivity index (χ3v) is 7.54. The highest BCUT2D eigenvalue weighted by Gasteiger charge is 2.48. The first-order valence-electron chi connectivity index (χ1n) is 10.6. The molecule has 3 aromatic carbocycles. The zero-order valence-corrected chi connectivity index (χ0v) is 20.9. The molecule has 1 aromatic heterocycles. The van der Waals surface area contributed by atoms with Crippen molar-refractivity contribution in [2.24, 2.45) is 0 Å². The van der Waals surface area contributed by atoms with Crippen LogP contribution in [0.15, 0.2) is 66.2 Å². The van der Waals surface area contributed by atoms with E-state index in [1.54, 1.807) is 30.3 Å². The number of hydrogen-bond donors (Lipinski definition) is 1. The fourth-order valence-electron chi connectivity index (χ4n) is 4.08. The number of thiazole rings is 1. The van der Waals surface area contributed by atoms with E-state index < -0.39 is 17.7 Å². The summed E-state index contributed by atoms with van der Waals surface area (Å²) in [5, 5.41) is 12.1. The van der Waals surface area contributed by atoms with E-state index >= 15 is 0 Å². The van der Waals surface area contributed by atoms with Crippen molar-refractivity contribution in [3.8, 4) is 5.75 Å². The maximum atomic E-state index is 13.4. The Balaban J connectivity index is 1.75. The van der Waals surface area contributed by atoms with Crippen molar-refractivity contribution in [3.63, 3.8) is 0 Å². The first-order valence-corrected chi connectivity index (χ1v) is 12.1. The molecule has 0 aliphatic carbocycles. The summed E-state index contributed by atoms with van der Waals surface area (Å²) in [5.41, 5.74) is 2.55. The second-order valence-electron chi connectivity index (χ2n) is 8.04. The van der Waals surface area contributed by atoms with Gasteiger partial charge in [0.2, 0.25) is 0 Å². The average molecular weight is 525 g/mol. The molecule has 176 valence electrons. The van der Waals surface area contributed by atoms with Crippen LogP contribution in [0.3, 0.4) is 0 Å². The van der Waals surface area contributed by atoms with Crippen molar-refractivity contribution in [1.82, 2.24) is 4.98 Å². The van der Waals surface area contributed by atoms with Gasteiger partial charge in [-0.15, -0.1) is 0 Å². The molecule has 35 heavy (non-hydrogen) atoms.